The molecule has 0 aliphatic heterocycles. The number of benzene rings is 2. The fourth-order valence-corrected chi connectivity index (χ4v) is 2.68. The first-order chi connectivity index (χ1) is 11.2. The zero-order valence-corrected chi connectivity index (χ0v) is 13.6. The molecule has 2 aromatic carbocycles. The minimum atomic E-state index is -0.334. The fraction of sp³-hybridized carbons (Fsp3) is 0.316. The fourth-order valence-electron chi connectivity index (χ4n) is 2.68. The van der Waals surface area contributed by atoms with Crippen molar-refractivity contribution in [2.75, 3.05) is 13.1 Å². The van der Waals surface area contributed by atoms with Crippen LogP contribution in [0.5, 0.6) is 0 Å². The first-order valence-corrected chi connectivity index (χ1v) is 7.96. The van der Waals surface area contributed by atoms with E-state index in [0.717, 1.165) is 24.2 Å². The molecule has 0 saturated carbocycles. The lowest BCUT2D eigenvalue weighted by Crippen LogP contribution is -2.40. The zero-order valence-electron chi connectivity index (χ0n) is 13.6. The summed E-state index contributed by atoms with van der Waals surface area (Å²) in [6.07, 6.45) is 0. The molecule has 0 heterocycles. The van der Waals surface area contributed by atoms with Gasteiger partial charge in [0.15, 0.2) is 0 Å². The van der Waals surface area contributed by atoms with Gasteiger partial charge in [-0.15, -0.1) is 0 Å². The van der Waals surface area contributed by atoms with Crippen molar-refractivity contribution in [1.29, 1.82) is 0 Å². The number of rotatable bonds is 7. The second kappa shape index (κ2) is 8.44. The van der Waals surface area contributed by atoms with Gasteiger partial charge in [0, 0.05) is 6.54 Å². The Balaban J connectivity index is 2.13. The van der Waals surface area contributed by atoms with Gasteiger partial charge in [-0.05, 0) is 36.3 Å². The van der Waals surface area contributed by atoms with Gasteiger partial charge in [0.25, 0.3) is 0 Å². The molecule has 0 radical (unpaired) electrons. The van der Waals surface area contributed by atoms with Gasteiger partial charge in [0.05, 0.1) is 0 Å². The van der Waals surface area contributed by atoms with Gasteiger partial charge >= 0.3 is 0 Å². The largest absolute Gasteiger partial charge is 0.350 e. The molecule has 23 heavy (non-hydrogen) atoms. The van der Waals surface area contributed by atoms with Gasteiger partial charge in [0.1, 0.15) is 11.9 Å². The lowest BCUT2D eigenvalue weighted by molar-refractivity contribution is -0.126. The minimum Gasteiger partial charge on any atom is -0.350 e. The van der Waals surface area contributed by atoms with Crippen LogP contribution < -0.4 is 5.32 Å². The van der Waals surface area contributed by atoms with Crippen LogP contribution in [0.2, 0.25) is 0 Å². The number of hydrogen-bond donors (Lipinski definition) is 1. The summed E-state index contributed by atoms with van der Waals surface area (Å²) in [7, 11) is 0. The lowest BCUT2D eigenvalue weighted by atomic mass is 10.0. The molecule has 0 saturated heterocycles. The Hall–Kier alpha value is -2.20. The van der Waals surface area contributed by atoms with Gasteiger partial charge in [-0.1, -0.05) is 56.3 Å². The first-order valence-electron chi connectivity index (χ1n) is 7.96. The molecule has 4 heteroatoms. The van der Waals surface area contributed by atoms with Crippen molar-refractivity contribution in [2.24, 2.45) is 0 Å². The van der Waals surface area contributed by atoms with Crippen LogP contribution in [-0.4, -0.2) is 23.9 Å². The van der Waals surface area contributed by atoms with Crippen molar-refractivity contribution in [2.45, 2.75) is 26.4 Å². The van der Waals surface area contributed by atoms with E-state index in [4.69, 9.17) is 0 Å². The number of halogens is 1. The van der Waals surface area contributed by atoms with Crippen LogP contribution >= 0.6 is 0 Å². The van der Waals surface area contributed by atoms with Crippen LogP contribution in [0.1, 0.15) is 31.0 Å². The van der Waals surface area contributed by atoms with Gasteiger partial charge in [-0.25, -0.2) is 4.39 Å². The van der Waals surface area contributed by atoms with Crippen molar-refractivity contribution in [3.8, 4) is 0 Å². The maximum Gasteiger partial charge on any atom is 0.242 e. The highest BCUT2D eigenvalue weighted by atomic mass is 19.1. The molecule has 1 atom stereocenters. The number of nitrogens with one attached hydrogen (secondary N) is 1. The van der Waals surface area contributed by atoms with Crippen LogP contribution in [0.3, 0.4) is 0 Å². The highest BCUT2D eigenvalue weighted by molar-refractivity contribution is 5.83. The maximum absolute atomic E-state index is 13.2. The standard InChI is InChI=1S/C19H23FN2O/c1-3-22(4-2)18(16-10-6-5-7-11-16)19(23)21-14-15-9-8-12-17(20)13-15/h5-13,18H,3-4,14H2,1-2H3,(H,21,23). The van der Waals surface area contributed by atoms with E-state index in [1.807, 2.05) is 44.2 Å². The van der Waals surface area contributed by atoms with E-state index in [9.17, 15) is 9.18 Å². The second-order valence-electron chi connectivity index (χ2n) is 5.38. The second-order valence-corrected chi connectivity index (χ2v) is 5.38. The number of amides is 1. The zero-order chi connectivity index (χ0) is 16.7. The SMILES string of the molecule is CCN(CC)C(C(=O)NCc1cccc(F)c1)c1ccccc1. The Morgan fingerprint density at radius 3 is 2.39 bits per heavy atom. The third-order valence-electron chi connectivity index (χ3n) is 3.90. The molecule has 0 spiro atoms. The molecule has 3 nitrogen and oxygen atoms in total. The quantitative estimate of drug-likeness (QED) is 0.848. The summed E-state index contributed by atoms with van der Waals surface area (Å²) in [5, 5.41) is 2.93. The van der Waals surface area contributed by atoms with Gasteiger partial charge in [-0.2, -0.15) is 0 Å². The summed E-state index contributed by atoms with van der Waals surface area (Å²) in [6.45, 7) is 5.96. The summed E-state index contributed by atoms with van der Waals surface area (Å²) < 4.78 is 13.2. The summed E-state index contributed by atoms with van der Waals surface area (Å²) >= 11 is 0. The van der Waals surface area contributed by atoms with E-state index in [1.165, 1.54) is 12.1 Å². The van der Waals surface area contributed by atoms with Crippen LogP contribution in [-0.2, 0) is 11.3 Å². The summed E-state index contributed by atoms with van der Waals surface area (Å²) in [5.41, 5.74) is 1.72. The molecule has 0 bridgehead atoms. The Morgan fingerprint density at radius 1 is 1.09 bits per heavy atom. The molecular weight excluding hydrogens is 291 g/mol. The van der Waals surface area contributed by atoms with Gasteiger partial charge in [0.2, 0.25) is 5.91 Å². The topological polar surface area (TPSA) is 32.3 Å². The molecule has 0 aliphatic rings. The maximum atomic E-state index is 13.2. The normalized spacial score (nSPS) is 12.2. The third-order valence-corrected chi connectivity index (χ3v) is 3.90. The number of carbonyl (C=O) groups excluding carboxylic acids is 1. The smallest absolute Gasteiger partial charge is 0.242 e. The molecule has 1 amide bonds. The first kappa shape index (κ1) is 17.2. The van der Waals surface area contributed by atoms with Crippen molar-refractivity contribution in [3.05, 3.63) is 71.5 Å². The Morgan fingerprint density at radius 2 is 1.78 bits per heavy atom. The Bertz CT molecular complexity index is 626. The Kier molecular flexibility index (Phi) is 6.29. The third kappa shape index (κ3) is 4.63. The van der Waals surface area contributed by atoms with E-state index in [2.05, 4.69) is 10.2 Å². The predicted octanol–water partition coefficient (Wildman–Crippen LogP) is 3.53. The van der Waals surface area contributed by atoms with Crippen LogP contribution in [0.25, 0.3) is 0 Å². The highest BCUT2D eigenvalue weighted by Gasteiger charge is 2.25. The van der Waals surface area contributed by atoms with Gasteiger partial charge < -0.3 is 5.32 Å². The predicted molar refractivity (Wildman–Crippen MR) is 90.4 cm³/mol. The molecule has 122 valence electrons. The number of nitrogens with zero attached hydrogens (tertiary/aromatic N) is 1. The molecule has 0 aliphatic carbocycles. The summed E-state index contributed by atoms with van der Waals surface area (Å²) in [6, 6.07) is 15.7. The summed E-state index contributed by atoms with van der Waals surface area (Å²) in [5.74, 6) is -0.357. The van der Waals surface area contributed by atoms with E-state index < -0.39 is 0 Å². The molecule has 1 unspecified atom stereocenters. The molecule has 0 aromatic heterocycles. The van der Waals surface area contributed by atoms with Crippen molar-refractivity contribution >= 4 is 5.91 Å². The Labute approximate surface area is 137 Å². The van der Waals surface area contributed by atoms with Crippen LogP contribution in [0.15, 0.2) is 54.6 Å². The van der Waals surface area contributed by atoms with E-state index >= 15 is 0 Å². The average Bonchev–Trinajstić information content (AvgIpc) is 2.58. The molecular formula is C19H23FN2O. The highest BCUT2D eigenvalue weighted by Crippen LogP contribution is 2.20. The summed E-state index contributed by atoms with van der Waals surface area (Å²) in [4.78, 5) is 14.8. The monoisotopic (exact) mass is 314 g/mol. The van der Waals surface area contributed by atoms with Crippen molar-refractivity contribution < 1.29 is 9.18 Å². The number of carbonyl (C=O) groups is 1. The van der Waals surface area contributed by atoms with Crippen LogP contribution in [0.4, 0.5) is 4.39 Å². The number of likely N-dealkylation sites (N-methyl/N-ethyl adjacent to an activating group) is 1. The molecule has 2 rings (SSSR count). The molecule has 0 fully saturated rings. The average molecular weight is 314 g/mol. The van der Waals surface area contributed by atoms with E-state index in [1.54, 1.807) is 12.1 Å². The van der Waals surface area contributed by atoms with Crippen molar-refractivity contribution in [3.63, 3.8) is 0 Å². The van der Waals surface area contributed by atoms with Crippen molar-refractivity contribution in [1.82, 2.24) is 10.2 Å². The van der Waals surface area contributed by atoms with E-state index in [-0.39, 0.29) is 17.8 Å². The van der Waals surface area contributed by atoms with Crippen LogP contribution in [0, 0.1) is 5.82 Å². The van der Waals surface area contributed by atoms with Gasteiger partial charge in [-0.3, -0.25) is 9.69 Å². The lowest BCUT2D eigenvalue weighted by Gasteiger charge is -2.29. The minimum absolute atomic E-state index is 0.0656. The van der Waals surface area contributed by atoms with E-state index in [0.29, 0.717) is 6.54 Å². The number of hydrogen-bond acceptors (Lipinski definition) is 2. The molecule has 2 aromatic rings. The molecule has 1 N–H and O–H groups in total.